The second-order valence-electron chi connectivity index (χ2n) is 5.78. The SMILES string of the molecule is CC(C)CCNCCN(C)CCN1CCCC1. The largest absolute Gasteiger partial charge is 0.315 e. The molecule has 1 heterocycles. The lowest BCUT2D eigenvalue weighted by Crippen LogP contribution is -2.35. The minimum Gasteiger partial charge on any atom is -0.315 e. The Labute approximate surface area is 108 Å². The number of hydrogen-bond acceptors (Lipinski definition) is 3. The Morgan fingerprint density at radius 2 is 1.82 bits per heavy atom. The minimum atomic E-state index is 0.815. The molecule has 1 saturated heterocycles. The van der Waals surface area contributed by atoms with Crippen molar-refractivity contribution in [2.75, 3.05) is 52.9 Å². The van der Waals surface area contributed by atoms with E-state index in [9.17, 15) is 0 Å². The van der Waals surface area contributed by atoms with Gasteiger partial charge in [-0.25, -0.2) is 0 Å². The molecule has 0 aliphatic carbocycles. The third-order valence-corrected chi connectivity index (χ3v) is 3.57. The number of likely N-dealkylation sites (tertiary alicyclic amines) is 1. The molecule has 1 rings (SSSR count). The van der Waals surface area contributed by atoms with Crippen LogP contribution in [0.1, 0.15) is 33.1 Å². The molecule has 3 heteroatoms. The van der Waals surface area contributed by atoms with E-state index in [1.807, 2.05) is 0 Å². The lowest BCUT2D eigenvalue weighted by Gasteiger charge is -2.21. The second-order valence-corrected chi connectivity index (χ2v) is 5.78. The first-order valence-electron chi connectivity index (χ1n) is 7.30. The molecule has 0 amide bonds. The molecule has 17 heavy (non-hydrogen) atoms. The van der Waals surface area contributed by atoms with Crippen molar-refractivity contribution in [3.05, 3.63) is 0 Å². The first-order valence-corrected chi connectivity index (χ1v) is 7.30. The zero-order valence-electron chi connectivity index (χ0n) is 12.0. The van der Waals surface area contributed by atoms with E-state index < -0.39 is 0 Å². The fraction of sp³-hybridized carbons (Fsp3) is 1.00. The maximum absolute atomic E-state index is 3.52. The van der Waals surface area contributed by atoms with E-state index in [-0.39, 0.29) is 0 Å². The number of rotatable bonds is 9. The van der Waals surface area contributed by atoms with Gasteiger partial charge in [-0.3, -0.25) is 0 Å². The van der Waals surface area contributed by atoms with Gasteiger partial charge in [0.1, 0.15) is 0 Å². The number of nitrogens with zero attached hydrogens (tertiary/aromatic N) is 2. The van der Waals surface area contributed by atoms with E-state index in [4.69, 9.17) is 0 Å². The molecule has 0 saturated carbocycles. The summed E-state index contributed by atoms with van der Waals surface area (Å²) in [6.07, 6.45) is 4.10. The van der Waals surface area contributed by atoms with Crippen LogP contribution in [-0.2, 0) is 0 Å². The van der Waals surface area contributed by atoms with Gasteiger partial charge in [-0.1, -0.05) is 13.8 Å². The van der Waals surface area contributed by atoms with Crippen molar-refractivity contribution in [1.29, 1.82) is 0 Å². The predicted molar refractivity (Wildman–Crippen MR) is 75.5 cm³/mol. The molecule has 0 aromatic rings. The molecule has 102 valence electrons. The summed E-state index contributed by atoms with van der Waals surface area (Å²) in [5.41, 5.74) is 0. The molecule has 0 spiro atoms. The van der Waals surface area contributed by atoms with Crippen molar-refractivity contribution in [1.82, 2.24) is 15.1 Å². The summed E-state index contributed by atoms with van der Waals surface area (Å²) < 4.78 is 0. The summed E-state index contributed by atoms with van der Waals surface area (Å²) in [7, 11) is 2.24. The van der Waals surface area contributed by atoms with Gasteiger partial charge in [-0.15, -0.1) is 0 Å². The van der Waals surface area contributed by atoms with Crippen LogP contribution in [0.25, 0.3) is 0 Å². The molecule has 1 N–H and O–H groups in total. The zero-order chi connectivity index (χ0) is 12.5. The fourth-order valence-corrected chi connectivity index (χ4v) is 2.22. The van der Waals surface area contributed by atoms with E-state index in [2.05, 4.69) is 36.0 Å². The molecule has 0 bridgehead atoms. The molecule has 0 aromatic heterocycles. The smallest absolute Gasteiger partial charge is 0.0109 e. The molecule has 3 nitrogen and oxygen atoms in total. The number of nitrogens with one attached hydrogen (secondary N) is 1. The first kappa shape index (κ1) is 14.9. The van der Waals surface area contributed by atoms with Crippen molar-refractivity contribution in [3.63, 3.8) is 0 Å². The second kappa shape index (κ2) is 8.90. The normalized spacial score (nSPS) is 17.5. The van der Waals surface area contributed by atoms with Crippen LogP contribution in [0.15, 0.2) is 0 Å². The molecule has 0 unspecified atom stereocenters. The molecular weight excluding hydrogens is 210 g/mol. The van der Waals surface area contributed by atoms with Gasteiger partial charge in [-0.2, -0.15) is 0 Å². The van der Waals surface area contributed by atoms with E-state index >= 15 is 0 Å². The lowest BCUT2D eigenvalue weighted by molar-refractivity contribution is 0.256. The zero-order valence-corrected chi connectivity index (χ0v) is 12.0. The fourth-order valence-electron chi connectivity index (χ4n) is 2.22. The Bertz CT molecular complexity index is 176. The molecule has 0 aromatic carbocycles. The van der Waals surface area contributed by atoms with E-state index in [1.54, 1.807) is 0 Å². The van der Waals surface area contributed by atoms with Crippen LogP contribution < -0.4 is 5.32 Å². The third-order valence-electron chi connectivity index (χ3n) is 3.57. The van der Waals surface area contributed by atoms with Crippen molar-refractivity contribution >= 4 is 0 Å². The van der Waals surface area contributed by atoms with Gasteiger partial charge in [0.25, 0.3) is 0 Å². The van der Waals surface area contributed by atoms with Crippen LogP contribution in [0.2, 0.25) is 0 Å². The Morgan fingerprint density at radius 3 is 2.47 bits per heavy atom. The van der Waals surface area contributed by atoms with Crippen LogP contribution in [-0.4, -0.2) is 62.7 Å². The Hall–Kier alpha value is -0.120. The van der Waals surface area contributed by atoms with Gasteiger partial charge >= 0.3 is 0 Å². The summed E-state index contributed by atoms with van der Waals surface area (Å²) in [5, 5.41) is 3.52. The number of likely N-dealkylation sites (N-methyl/N-ethyl adjacent to an activating group) is 1. The molecule has 0 atom stereocenters. The highest BCUT2D eigenvalue weighted by molar-refractivity contribution is 4.67. The van der Waals surface area contributed by atoms with E-state index in [0.717, 1.165) is 19.0 Å². The quantitative estimate of drug-likeness (QED) is 0.619. The summed E-state index contributed by atoms with van der Waals surface area (Å²) in [5.74, 6) is 0.815. The summed E-state index contributed by atoms with van der Waals surface area (Å²) in [6, 6.07) is 0. The standard InChI is InChI=1S/C14H31N3/c1-14(2)6-7-15-8-11-16(3)12-13-17-9-4-5-10-17/h14-15H,4-13H2,1-3H3. The highest BCUT2D eigenvalue weighted by atomic mass is 15.2. The van der Waals surface area contributed by atoms with Gasteiger partial charge in [0, 0.05) is 26.2 Å². The lowest BCUT2D eigenvalue weighted by atomic mass is 10.1. The maximum Gasteiger partial charge on any atom is 0.0109 e. The molecule has 1 fully saturated rings. The van der Waals surface area contributed by atoms with Crippen molar-refractivity contribution < 1.29 is 0 Å². The molecule has 1 aliphatic rings. The topological polar surface area (TPSA) is 18.5 Å². The highest BCUT2D eigenvalue weighted by Gasteiger charge is 2.11. The van der Waals surface area contributed by atoms with Crippen molar-refractivity contribution in [2.24, 2.45) is 5.92 Å². The summed E-state index contributed by atoms with van der Waals surface area (Å²) in [4.78, 5) is 5.03. The maximum atomic E-state index is 3.52. The van der Waals surface area contributed by atoms with Crippen LogP contribution >= 0.6 is 0 Å². The van der Waals surface area contributed by atoms with Crippen molar-refractivity contribution in [2.45, 2.75) is 33.1 Å². The average Bonchev–Trinajstić information content (AvgIpc) is 2.78. The van der Waals surface area contributed by atoms with Gasteiger partial charge in [0.15, 0.2) is 0 Å². The predicted octanol–water partition coefficient (Wildman–Crippen LogP) is 1.65. The average molecular weight is 241 g/mol. The molecule has 0 radical (unpaired) electrons. The molecular formula is C14H31N3. The van der Waals surface area contributed by atoms with Crippen LogP contribution in [0.3, 0.4) is 0 Å². The van der Waals surface area contributed by atoms with Crippen LogP contribution in [0.5, 0.6) is 0 Å². The Kier molecular flexibility index (Phi) is 7.82. The van der Waals surface area contributed by atoms with Crippen LogP contribution in [0.4, 0.5) is 0 Å². The Balaban J connectivity index is 1.88. The monoisotopic (exact) mass is 241 g/mol. The highest BCUT2D eigenvalue weighted by Crippen LogP contribution is 2.06. The third kappa shape index (κ3) is 7.74. The van der Waals surface area contributed by atoms with Crippen molar-refractivity contribution in [3.8, 4) is 0 Å². The van der Waals surface area contributed by atoms with Gasteiger partial charge in [0.2, 0.25) is 0 Å². The van der Waals surface area contributed by atoms with Gasteiger partial charge in [0.05, 0.1) is 0 Å². The molecule has 1 aliphatic heterocycles. The van der Waals surface area contributed by atoms with Crippen LogP contribution in [0, 0.1) is 5.92 Å². The van der Waals surface area contributed by atoms with E-state index in [0.29, 0.717) is 0 Å². The Morgan fingerprint density at radius 1 is 1.12 bits per heavy atom. The van der Waals surface area contributed by atoms with Gasteiger partial charge in [-0.05, 0) is 51.9 Å². The number of hydrogen-bond donors (Lipinski definition) is 1. The summed E-state index contributed by atoms with van der Waals surface area (Å²) >= 11 is 0. The summed E-state index contributed by atoms with van der Waals surface area (Å²) in [6.45, 7) is 13.1. The van der Waals surface area contributed by atoms with Gasteiger partial charge < -0.3 is 15.1 Å². The minimum absolute atomic E-state index is 0.815. The van der Waals surface area contributed by atoms with E-state index in [1.165, 1.54) is 52.0 Å². The first-order chi connectivity index (χ1) is 8.18.